The quantitative estimate of drug-likeness (QED) is 0.708. The highest BCUT2D eigenvalue weighted by Gasteiger charge is 2.88. The second kappa shape index (κ2) is 1.67. The summed E-state index contributed by atoms with van der Waals surface area (Å²) >= 11 is 0. The van der Waals surface area contributed by atoms with E-state index in [4.69, 9.17) is 5.11 Å². The van der Waals surface area contributed by atoms with Crippen LogP contribution in [0.5, 0.6) is 0 Å². The molecule has 3 rings (SSSR count). The minimum absolute atomic E-state index is 0.215. The van der Waals surface area contributed by atoms with Crippen LogP contribution < -0.4 is 0 Å². The number of carboxylic acid groups (broad SMARTS) is 1. The Labute approximate surface area is 78.3 Å². The van der Waals surface area contributed by atoms with Gasteiger partial charge in [-0.1, -0.05) is 6.92 Å². The van der Waals surface area contributed by atoms with Crippen LogP contribution in [0.3, 0.4) is 0 Å². The van der Waals surface area contributed by atoms with Gasteiger partial charge in [-0.3, -0.25) is 4.79 Å². The molecule has 0 aromatic carbocycles. The van der Waals surface area contributed by atoms with Crippen LogP contribution in [0.1, 0.15) is 39.5 Å². The van der Waals surface area contributed by atoms with E-state index in [1.807, 2.05) is 6.92 Å². The van der Waals surface area contributed by atoms with Crippen LogP contribution in [-0.2, 0) is 4.79 Å². The van der Waals surface area contributed by atoms with Crippen LogP contribution in [0.15, 0.2) is 0 Å². The Kier molecular flexibility index (Phi) is 1.00. The molecular formula is C11H16O2. The molecule has 13 heavy (non-hydrogen) atoms. The van der Waals surface area contributed by atoms with Gasteiger partial charge in [-0.25, -0.2) is 0 Å². The van der Waals surface area contributed by atoms with Gasteiger partial charge in [-0.15, -0.1) is 0 Å². The maximum absolute atomic E-state index is 11.1. The summed E-state index contributed by atoms with van der Waals surface area (Å²) in [5.74, 6) is 0.283. The molecule has 3 aliphatic carbocycles. The summed E-state index contributed by atoms with van der Waals surface area (Å²) in [5, 5.41) is 9.12. The maximum atomic E-state index is 11.1. The van der Waals surface area contributed by atoms with Crippen molar-refractivity contribution in [3.05, 3.63) is 0 Å². The van der Waals surface area contributed by atoms with Gasteiger partial charge in [0.15, 0.2) is 0 Å². The summed E-state index contributed by atoms with van der Waals surface area (Å²) in [6.07, 6.45) is 4.79. The van der Waals surface area contributed by atoms with Gasteiger partial charge in [-0.05, 0) is 49.4 Å². The van der Waals surface area contributed by atoms with Gasteiger partial charge in [-0.2, -0.15) is 0 Å². The van der Waals surface area contributed by atoms with Crippen LogP contribution >= 0.6 is 0 Å². The lowest BCUT2D eigenvalue weighted by molar-refractivity contribution is -0.143. The van der Waals surface area contributed by atoms with Crippen molar-refractivity contribution in [1.29, 1.82) is 0 Å². The Bertz CT molecular complexity index is 307. The van der Waals surface area contributed by atoms with Crippen molar-refractivity contribution >= 4 is 5.97 Å². The molecule has 0 amide bonds. The zero-order valence-corrected chi connectivity index (χ0v) is 8.26. The Morgan fingerprint density at radius 3 is 2.31 bits per heavy atom. The number of hydrogen-bond acceptors (Lipinski definition) is 1. The van der Waals surface area contributed by atoms with Crippen molar-refractivity contribution in [3.63, 3.8) is 0 Å². The predicted molar refractivity (Wildman–Crippen MR) is 48.2 cm³/mol. The lowest BCUT2D eigenvalue weighted by Crippen LogP contribution is -2.16. The third kappa shape index (κ3) is 0.628. The van der Waals surface area contributed by atoms with Gasteiger partial charge in [0, 0.05) is 0 Å². The van der Waals surface area contributed by atoms with E-state index in [0.29, 0.717) is 5.41 Å². The Hall–Kier alpha value is -0.530. The second-order valence-corrected chi connectivity index (χ2v) is 5.76. The monoisotopic (exact) mass is 180 g/mol. The van der Waals surface area contributed by atoms with E-state index in [1.54, 1.807) is 0 Å². The minimum atomic E-state index is -0.572. The van der Waals surface area contributed by atoms with Gasteiger partial charge in [0.05, 0.1) is 5.41 Å². The average molecular weight is 180 g/mol. The normalized spacial score (nSPS) is 58.0. The molecule has 0 heterocycles. The lowest BCUT2D eigenvalue weighted by atomic mass is 9.93. The first-order chi connectivity index (χ1) is 5.96. The fraction of sp³-hybridized carbons (Fsp3) is 0.909. The van der Waals surface area contributed by atoms with Gasteiger partial charge in [0.1, 0.15) is 0 Å². The molecule has 0 aromatic rings. The highest BCUT2D eigenvalue weighted by Crippen LogP contribution is 2.91. The Morgan fingerprint density at radius 1 is 1.31 bits per heavy atom. The first-order valence-electron chi connectivity index (χ1n) is 5.20. The molecule has 3 atom stereocenters. The van der Waals surface area contributed by atoms with Crippen molar-refractivity contribution in [1.82, 2.24) is 0 Å². The molecule has 1 spiro atoms. The van der Waals surface area contributed by atoms with Gasteiger partial charge in [0.25, 0.3) is 0 Å². The summed E-state index contributed by atoms with van der Waals surface area (Å²) in [6, 6.07) is 0. The number of rotatable bonds is 2. The van der Waals surface area contributed by atoms with Gasteiger partial charge in [0.2, 0.25) is 0 Å². The highest BCUT2D eigenvalue weighted by molar-refractivity contribution is 5.81. The molecule has 0 bridgehead atoms. The SMILES string of the molecule is C[C@@]1(C2CC2)C[C@@]12C[C@]2(C)C(=O)O. The molecule has 0 unspecified atom stereocenters. The molecule has 3 saturated carbocycles. The van der Waals surface area contributed by atoms with Crippen molar-refractivity contribution in [2.45, 2.75) is 39.5 Å². The summed E-state index contributed by atoms with van der Waals surface area (Å²) in [6.45, 7) is 4.24. The van der Waals surface area contributed by atoms with Crippen molar-refractivity contribution < 1.29 is 9.90 Å². The van der Waals surface area contributed by atoms with Crippen molar-refractivity contribution in [2.24, 2.45) is 22.2 Å². The standard InChI is InChI=1S/C11H16O2/c1-9(7-3-4-7)5-11(9)6-10(11,2)8(12)13/h7H,3-6H2,1-2H3,(H,12,13)/t9-,10+,11+/m0/s1. The molecular weight excluding hydrogens is 164 g/mol. The molecule has 3 aliphatic rings. The Morgan fingerprint density at radius 2 is 1.92 bits per heavy atom. The number of aliphatic carboxylic acids is 1. The number of carbonyl (C=O) groups is 1. The van der Waals surface area contributed by atoms with E-state index in [9.17, 15) is 4.79 Å². The molecule has 2 nitrogen and oxygen atoms in total. The highest BCUT2D eigenvalue weighted by atomic mass is 16.4. The van der Waals surface area contributed by atoms with E-state index in [-0.39, 0.29) is 10.8 Å². The molecule has 0 aliphatic heterocycles. The third-order valence-electron chi connectivity index (χ3n) is 5.17. The third-order valence-corrected chi connectivity index (χ3v) is 5.17. The smallest absolute Gasteiger partial charge is 0.309 e. The zero-order valence-electron chi connectivity index (χ0n) is 8.26. The lowest BCUT2D eigenvalue weighted by Gasteiger charge is -2.11. The van der Waals surface area contributed by atoms with Crippen LogP contribution in [0.2, 0.25) is 0 Å². The van der Waals surface area contributed by atoms with E-state index in [1.165, 1.54) is 19.3 Å². The first kappa shape index (κ1) is 7.84. The second-order valence-electron chi connectivity index (χ2n) is 5.76. The predicted octanol–water partition coefficient (Wildman–Crippen LogP) is 2.29. The fourth-order valence-electron chi connectivity index (χ4n) is 3.77. The fourth-order valence-corrected chi connectivity index (χ4v) is 3.77. The van der Waals surface area contributed by atoms with E-state index in [0.717, 1.165) is 12.3 Å². The van der Waals surface area contributed by atoms with Gasteiger partial charge < -0.3 is 5.11 Å². The average Bonchev–Trinajstić information content (AvgIpc) is 2.78. The van der Waals surface area contributed by atoms with Crippen LogP contribution in [0.4, 0.5) is 0 Å². The largest absolute Gasteiger partial charge is 0.481 e. The zero-order chi connectivity index (χ0) is 9.48. The van der Waals surface area contributed by atoms with E-state index >= 15 is 0 Å². The molecule has 1 N–H and O–H groups in total. The maximum Gasteiger partial charge on any atom is 0.309 e. The molecule has 2 heteroatoms. The van der Waals surface area contributed by atoms with Crippen molar-refractivity contribution in [2.75, 3.05) is 0 Å². The minimum Gasteiger partial charge on any atom is -0.481 e. The molecule has 3 fully saturated rings. The number of carboxylic acids is 1. The molecule has 0 aromatic heterocycles. The van der Waals surface area contributed by atoms with Crippen molar-refractivity contribution in [3.8, 4) is 0 Å². The van der Waals surface area contributed by atoms with E-state index < -0.39 is 5.97 Å². The topological polar surface area (TPSA) is 37.3 Å². The van der Waals surface area contributed by atoms with Crippen LogP contribution in [-0.4, -0.2) is 11.1 Å². The summed E-state index contributed by atoms with van der Waals surface area (Å²) < 4.78 is 0. The van der Waals surface area contributed by atoms with E-state index in [2.05, 4.69) is 6.92 Å². The summed E-state index contributed by atoms with van der Waals surface area (Å²) in [5.41, 5.74) is 0.248. The molecule has 0 saturated heterocycles. The van der Waals surface area contributed by atoms with Crippen LogP contribution in [0.25, 0.3) is 0 Å². The van der Waals surface area contributed by atoms with Gasteiger partial charge >= 0.3 is 5.97 Å². The summed E-state index contributed by atoms with van der Waals surface area (Å²) in [7, 11) is 0. The summed E-state index contributed by atoms with van der Waals surface area (Å²) in [4.78, 5) is 11.1. The molecule has 0 radical (unpaired) electrons. The number of hydrogen-bond donors (Lipinski definition) is 1. The Balaban J connectivity index is 1.87. The van der Waals surface area contributed by atoms with Crippen LogP contribution in [0, 0.1) is 22.2 Å². The molecule has 72 valence electrons. The first-order valence-corrected chi connectivity index (χ1v) is 5.20.